The maximum absolute atomic E-state index is 5.15. The zero-order valence-electron chi connectivity index (χ0n) is 14.8. The van der Waals surface area contributed by atoms with E-state index in [0.29, 0.717) is 0 Å². The Morgan fingerprint density at radius 1 is 0.962 bits per heavy atom. The molecule has 1 aromatic heterocycles. The van der Waals surface area contributed by atoms with Gasteiger partial charge in [-0.1, -0.05) is 30.3 Å². The fourth-order valence-electron chi connectivity index (χ4n) is 2.44. The molecule has 2 aromatic carbocycles. The van der Waals surface area contributed by atoms with Gasteiger partial charge in [0, 0.05) is 16.7 Å². The fraction of sp³-hybridized carbons (Fsp3) is 0.0952. The van der Waals surface area contributed by atoms with Crippen molar-refractivity contribution in [2.45, 2.75) is 13.8 Å². The van der Waals surface area contributed by atoms with E-state index in [9.17, 15) is 0 Å². The molecule has 0 unspecified atom stereocenters. The number of nitrogens with zero attached hydrogens (tertiary/aromatic N) is 3. The van der Waals surface area contributed by atoms with E-state index in [0.717, 1.165) is 33.1 Å². The van der Waals surface area contributed by atoms with Gasteiger partial charge in [0.1, 0.15) is 5.01 Å². The van der Waals surface area contributed by atoms with Gasteiger partial charge in [0.05, 0.1) is 17.6 Å². The molecule has 0 aliphatic heterocycles. The van der Waals surface area contributed by atoms with Crippen LogP contribution in [0.15, 0.2) is 64.7 Å². The van der Waals surface area contributed by atoms with Gasteiger partial charge >= 0.3 is 0 Å². The van der Waals surface area contributed by atoms with E-state index in [1.165, 1.54) is 4.88 Å². The van der Waals surface area contributed by atoms with Gasteiger partial charge in [0.25, 0.3) is 0 Å². The van der Waals surface area contributed by atoms with Gasteiger partial charge in [-0.2, -0.15) is 5.10 Å². The first kappa shape index (κ1) is 17.8. The van der Waals surface area contributed by atoms with Crippen molar-refractivity contribution in [2.24, 2.45) is 15.9 Å². The SMILES string of the molecule is C/C=C\c1nc(-c2ccc(N=Cc3ccc(/C=N/N)cc3)cc2)sc1C. The molecule has 0 radical (unpaired) electrons. The second-order valence-electron chi connectivity index (χ2n) is 5.71. The summed E-state index contributed by atoms with van der Waals surface area (Å²) in [6.07, 6.45) is 7.51. The van der Waals surface area contributed by atoms with Crippen LogP contribution in [-0.4, -0.2) is 17.4 Å². The second-order valence-corrected chi connectivity index (χ2v) is 6.91. The second kappa shape index (κ2) is 8.36. The minimum absolute atomic E-state index is 0.906. The van der Waals surface area contributed by atoms with Crippen LogP contribution < -0.4 is 5.84 Å². The number of benzene rings is 2. The van der Waals surface area contributed by atoms with Crippen molar-refractivity contribution in [1.82, 2.24) is 4.98 Å². The first-order valence-corrected chi connectivity index (χ1v) is 9.09. The Balaban J connectivity index is 1.74. The largest absolute Gasteiger partial charge is 0.323 e. The molecule has 0 atom stereocenters. The number of hydrazone groups is 1. The Morgan fingerprint density at radius 3 is 2.23 bits per heavy atom. The summed E-state index contributed by atoms with van der Waals surface area (Å²) in [5.41, 5.74) is 5.04. The smallest absolute Gasteiger partial charge is 0.124 e. The van der Waals surface area contributed by atoms with Crippen LogP contribution >= 0.6 is 11.3 Å². The Kier molecular flexibility index (Phi) is 5.71. The van der Waals surface area contributed by atoms with E-state index < -0.39 is 0 Å². The van der Waals surface area contributed by atoms with Crippen LogP contribution in [0, 0.1) is 6.92 Å². The summed E-state index contributed by atoms with van der Waals surface area (Å²) in [4.78, 5) is 10.4. The van der Waals surface area contributed by atoms with E-state index in [-0.39, 0.29) is 0 Å². The third-order valence-corrected chi connectivity index (χ3v) is 4.83. The van der Waals surface area contributed by atoms with Gasteiger partial charge in [-0.15, -0.1) is 11.3 Å². The third kappa shape index (κ3) is 4.32. The molecule has 0 fully saturated rings. The number of thiazole rings is 1. The quantitative estimate of drug-likeness (QED) is 0.386. The summed E-state index contributed by atoms with van der Waals surface area (Å²) < 4.78 is 0. The van der Waals surface area contributed by atoms with E-state index in [1.54, 1.807) is 17.6 Å². The average molecular weight is 360 g/mol. The number of hydrogen-bond donors (Lipinski definition) is 1. The molecular weight excluding hydrogens is 340 g/mol. The molecule has 0 amide bonds. The van der Waals surface area contributed by atoms with Crippen LogP contribution in [-0.2, 0) is 0 Å². The molecule has 4 nitrogen and oxygen atoms in total. The van der Waals surface area contributed by atoms with Crippen LogP contribution in [0.5, 0.6) is 0 Å². The molecule has 26 heavy (non-hydrogen) atoms. The lowest BCUT2D eigenvalue weighted by Crippen LogP contribution is -1.87. The predicted molar refractivity (Wildman–Crippen MR) is 112 cm³/mol. The molecule has 0 saturated heterocycles. The minimum atomic E-state index is 0.906. The Morgan fingerprint density at radius 2 is 1.62 bits per heavy atom. The maximum atomic E-state index is 5.15. The van der Waals surface area contributed by atoms with E-state index in [2.05, 4.69) is 29.2 Å². The average Bonchev–Trinajstić information content (AvgIpc) is 3.03. The summed E-state index contributed by atoms with van der Waals surface area (Å²) in [5, 5.41) is 4.54. The normalized spacial score (nSPS) is 11.9. The van der Waals surface area contributed by atoms with E-state index >= 15 is 0 Å². The number of aliphatic imine (C=N–C) groups is 1. The van der Waals surface area contributed by atoms with Crippen LogP contribution in [0.25, 0.3) is 16.6 Å². The van der Waals surface area contributed by atoms with E-state index in [4.69, 9.17) is 10.8 Å². The Bertz CT molecular complexity index is 949. The zero-order chi connectivity index (χ0) is 18.4. The molecular formula is C21H20N4S. The molecule has 0 aliphatic carbocycles. The molecule has 0 saturated carbocycles. The first-order chi connectivity index (χ1) is 12.7. The van der Waals surface area contributed by atoms with E-state index in [1.807, 2.05) is 61.7 Å². The van der Waals surface area contributed by atoms with Crippen LogP contribution in [0.3, 0.4) is 0 Å². The summed E-state index contributed by atoms with van der Waals surface area (Å²) in [7, 11) is 0. The molecule has 0 bridgehead atoms. The molecule has 0 spiro atoms. The lowest BCUT2D eigenvalue weighted by molar-refractivity contribution is 1.26. The number of nitrogens with two attached hydrogens (primary N) is 1. The number of rotatable bonds is 5. The van der Waals surface area contributed by atoms with Crippen molar-refractivity contribution in [3.63, 3.8) is 0 Å². The highest BCUT2D eigenvalue weighted by Crippen LogP contribution is 2.29. The summed E-state index contributed by atoms with van der Waals surface area (Å²) >= 11 is 1.71. The van der Waals surface area contributed by atoms with Crippen molar-refractivity contribution in [3.8, 4) is 10.6 Å². The molecule has 3 aromatic rings. The van der Waals surface area contributed by atoms with Gasteiger partial charge in [-0.05, 0) is 55.3 Å². The molecule has 2 N–H and O–H groups in total. The van der Waals surface area contributed by atoms with Gasteiger partial charge in [-0.3, -0.25) is 4.99 Å². The lowest BCUT2D eigenvalue weighted by Gasteiger charge is -1.98. The highest BCUT2D eigenvalue weighted by atomic mass is 32.1. The van der Waals surface area contributed by atoms with Crippen molar-refractivity contribution in [3.05, 3.63) is 76.3 Å². The Hall–Kier alpha value is -3.05. The predicted octanol–water partition coefficient (Wildman–Crippen LogP) is 5.19. The number of hydrogen-bond acceptors (Lipinski definition) is 5. The van der Waals surface area contributed by atoms with Gasteiger partial charge < -0.3 is 5.84 Å². The number of aromatic nitrogens is 1. The summed E-state index contributed by atoms with van der Waals surface area (Å²) in [6.45, 7) is 4.10. The van der Waals surface area contributed by atoms with Crippen molar-refractivity contribution in [1.29, 1.82) is 0 Å². The summed E-state index contributed by atoms with van der Waals surface area (Å²) in [6, 6.07) is 16.0. The minimum Gasteiger partial charge on any atom is -0.323 e. The summed E-state index contributed by atoms with van der Waals surface area (Å²) in [5.74, 6) is 5.15. The van der Waals surface area contributed by atoms with Gasteiger partial charge in [0.15, 0.2) is 0 Å². The van der Waals surface area contributed by atoms with Crippen molar-refractivity contribution in [2.75, 3.05) is 0 Å². The highest BCUT2D eigenvalue weighted by Gasteiger charge is 2.07. The maximum Gasteiger partial charge on any atom is 0.124 e. The van der Waals surface area contributed by atoms with Crippen LogP contribution in [0.4, 0.5) is 5.69 Å². The lowest BCUT2D eigenvalue weighted by atomic mass is 10.1. The molecule has 3 rings (SSSR count). The first-order valence-electron chi connectivity index (χ1n) is 8.27. The van der Waals surface area contributed by atoms with Crippen molar-refractivity contribution >= 4 is 35.5 Å². The highest BCUT2D eigenvalue weighted by molar-refractivity contribution is 7.15. The fourth-order valence-corrected chi connectivity index (χ4v) is 3.34. The van der Waals surface area contributed by atoms with Gasteiger partial charge in [-0.25, -0.2) is 4.98 Å². The molecule has 5 heteroatoms. The molecule has 0 aliphatic rings. The van der Waals surface area contributed by atoms with Crippen LogP contribution in [0.1, 0.15) is 28.6 Å². The van der Waals surface area contributed by atoms with Crippen LogP contribution in [0.2, 0.25) is 0 Å². The standard InChI is InChI=1S/C21H20N4S/c1-3-4-20-15(2)26-21(25-20)18-9-11-19(12-10-18)23-13-16-5-7-17(8-6-16)14-24-22/h3-14H,22H2,1-2H3/b4-3-,23-13?,24-14+. The number of allylic oxidation sites excluding steroid dienone is 1. The zero-order valence-corrected chi connectivity index (χ0v) is 15.6. The molecule has 130 valence electrons. The monoisotopic (exact) mass is 360 g/mol. The Labute approximate surface area is 157 Å². The van der Waals surface area contributed by atoms with Crippen molar-refractivity contribution < 1.29 is 0 Å². The third-order valence-electron chi connectivity index (χ3n) is 3.79. The van der Waals surface area contributed by atoms with Gasteiger partial charge in [0.2, 0.25) is 0 Å². The topological polar surface area (TPSA) is 63.6 Å². The molecule has 1 heterocycles. The number of aryl methyl sites for hydroxylation is 1.